The number of oxazole rings is 1. The molecule has 0 unspecified atom stereocenters. The topological polar surface area (TPSA) is 93.9 Å². The summed E-state index contributed by atoms with van der Waals surface area (Å²) < 4.78 is 31.7. The summed E-state index contributed by atoms with van der Waals surface area (Å²) in [4.78, 5) is 30.2. The number of piperidine rings is 1. The first kappa shape index (κ1) is 22.2. The molecule has 10 heteroatoms. The molecule has 2 fully saturated rings. The van der Waals surface area contributed by atoms with E-state index < -0.39 is 11.7 Å². The van der Waals surface area contributed by atoms with Crippen LogP contribution in [0.4, 0.5) is 9.18 Å². The van der Waals surface area contributed by atoms with Crippen molar-refractivity contribution in [1.29, 1.82) is 0 Å². The Hall–Kier alpha value is -3.59. The fourth-order valence-corrected chi connectivity index (χ4v) is 4.32. The molecule has 1 aromatic heterocycles. The highest BCUT2D eigenvalue weighted by atomic mass is 35.5. The molecule has 3 aromatic rings. The van der Waals surface area contributed by atoms with Crippen LogP contribution in [-0.2, 0) is 11.3 Å². The SMILES string of the molecule is O=C(NCc1ccc(Cl)cc1)c1cc(O[C@H]2CCN3C(=O)OC[C@@H]3C2)c(-c2cnco2)cc1F. The maximum Gasteiger partial charge on any atom is 0.410 e. The van der Waals surface area contributed by atoms with Gasteiger partial charge in [0.05, 0.1) is 23.4 Å². The number of hydrogen-bond acceptors (Lipinski definition) is 6. The molecule has 176 valence electrons. The van der Waals surface area contributed by atoms with Crippen molar-refractivity contribution in [3.8, 4) is 17.1 Å². The van der Waals surface area contributed by atoms with Crippen LogP contribution in [0.3, 0.4) is 0 Å². The number of ether oxygens (including phenoxy) is 2. The molecule has 0 bridgehead atoms. The fourth-order valence-electron chi connectivity index (χ4n) is 4.20. The number of amides is 2. The van der Waals surface area contributed by atoms with E-state index in [2.05, 4.69) is 10.3 Å². The number of hydrogen-bond donors (Lipinski definition) is 1. The van der Waals surface area contributed by atoms with Crippen LogP contribution in [0, 0.1) is 5.82 Å². The first-order chi connectivity index (χ1) is 16.5. The minimum Gasteiger partial charge on any atom is -0.489 e. The van der Waals surface area contributed by atoms with Crippen LogP contribution in [-0.4, -0.2) is 47.2 Å². The highest BCUT2D eigenvalue weighted by Crippen LogP contribution is 2.35. The van der Waals surface area contributed by atoms with Crippen molar-refractivity contribution >= 4 is 23.6 Å². The van der Waals surface area contributed by atoms with Crippen LogP contribution in [0.25, 0.3) is 11.3 Å². The first-order valence-electron chi connectivity index (χ1n) is 10.8. The van der Waals surface area contributed by atoms with E-state index in [-0.39, 0.29) is 30.3 Å². The van der Waals surface area contributed by atoms with Gasteiger partial charge >= 0.3 is 6.09 Å². The fraction of sp³-hybridized carbons (Fsp3) is 0.292. The van der Waals surface area contributed by atoms with Gasteiger partial charge in [0.25, 0.3) is 5.91 Å². The Morgan fingerprint density at radius 3 is 2.88 bits per heavy atom. The van der Waals surface area contributed by atoms with Gasteiger partial charge in [0.15, 0.2) is 12.2 Å². The van der Waals surface area contributed by atoms with Crippen LogP contribution in [0.5, 0.6) is 5.75 Å². The second kappa shape index (κ2) is 9.34. The Labute approximate surface area is 199 Å². The lowest BCUT2D eigenvalue weighted by molar-refractivity contribution is 0.0915. The van der Waals surface area contributed by atoms with Crippen molar-refractivity contribution in [1.82, 2.24) is 15.2 Å². The van der Waals surface area contributed by atoms with E-state index >= 15 is 0 Å². The predicted molar refractivity (Wildman–Crippen MR) is 120 cm³/mol. The van der Waals surface area contributed by atoms with Gasteiger partial charge in [-0.3, -0.25) is 4.79 Å². The summed E-state index contributed by atoms with van der Waals surface area (Å²) in [7, 11) is 0. The van der Waals surface area contributed by atoms with Crippen LogP contribution in [0.15, 0.2) is 53.4 Å². The highest BCUT2D eigenvalue weighted by Gasteiger charge is 2.39. The molecule has 2 aliphatic heterocycles. The quantitative estimate of drug-likeness (QED) is 0.555. The van der Waals surface area contributed by atoms with E-state index in [9.17, 15) is 14.0 Å². The number of nitrogens with one attached hydrogen (secondary N) is 1. The molecule has 2 saturated heterocycles. The molecular formula is C24H21ClFN3O5. The summed E-state index contributed by atoms with van der Waals surface area (Å²) in [6.45, 7) is 1.03. The molecule has 34 heavy (non-hydrogen) atoms. The van der Waals surface area contributed by atoms with Crippen LogP contribution < -0.4 is 10.1 Å². The van der Waals surface area contributed by atoms with Crippen molar-refractivity contribution in [3.63, 3.8) is 0 Å². The Balaban J connectivity index is 1.37. The van der Waals surface area contributed by atoms with Gasteiger partial charge < -0.3 is 24.1 Å². The molecule has 0 aliphatic carbocycles. The number of nitrogens with zero attached hydrogens (tertiary/aromatic N) is 2. The third-order valence-corrected chi connectivity index (χ3v) is 6.23. The van der Waals surface area contributed by atoms with Crippen molar-refractivity contribution in [3.05, 3.63) is 71.0 Å². The Bertz CT molecular complexity index is 1200. The normalized spacial score (nSPS) is 19.5. The Morgan fingerprint density at radius 2 is 2.12 bits per heavy atom. The molecule has 8 nitrogen and oxygen atoms in total. The van der Waals surface area contributed by atoms with Crippen molar-refractivity contribution in [2.45, 2.75) is 31.5 Å². The Morgan fingerprint density at radius 1 is 1.29 bits per heavy atom. The largest absolute Gasteiger partial charge is 0.489 e. The standard InChI is InChI=1S/C24H21ClFN3O5/c25-15-3-1-14(2-4-15)10-28-23(30)18-9-21(19(8-20(18)26)22-11-27-13-33-22)34-17-5-6-29-16(7-17)12-32-24(29)31/h1-4,8-9,11,13,16-17H,5-7,10,12H2,(H,28,30)/t16-,17-/m0/s1. The zero-order valence-corrected chi connectivity index (χ0v) is 18.8. The summed E-state index contributed by atoms with van der Waals surface area (Å²) in [6.07, 6.45) is 3.28. The third kappa shape index (κ3) is 4.56. The molecule has 5 rings (SSSR count). The minimum atomic E-state index is -0.711. The molecule has 0 spiro atoms. The van der Waals surface area contributed by atoms with E-state index in [4.69, 9.17) is 25.5 Å². The van der Waals surface area contributed by atoms with E-state index in [0.29, 0.717) is 48.1 Å². The molecular weight excluding hydrogens is 465 g/mol. The summed E-state index contributed by atoms with van der Waals surface area (Å²) in [5.74, 6) is -0.666. The zero-order chi connectivity index (χ0) is 23.7. The summed E-state index contributed by atoms with van der Waals surface area (Å²) in [6, 6.07) is 9.53. The van der Waals surface area contributed by atoms with Gasteiger partial charge in [-0.2, -0.15) is 0 Å². The number of fused-ring (bicyclic) bond motifs is 1. The summed E-state index contributed by atoms with van der Waals surface area (Å²) in [5, 5.41) is 3.31. The van der Waals surface area contributed by atoms with Crippen LogP contribution >= 0.6 is 11.6 Å². The lowest BCUT2D eigenvalue weighted by atomic mass is 10.0. The molecule has 3 heterocycles. The smallest absolute Gasteiger partial charge is 0.410 e. The van der Waals surface area contributed by atoms with E-state index in [1.54, 1.807) is 29.2 Å². The number of aromatic nitrogens is 1. The number of cyclic esters (lactones) is 1. The molecule has 0 saturated carbocycles. The van der Waals surface area contributed by atoms with Gasteiger partial charge in [0, 0.05) is 31.0 Å². The second-order valence-corrected chi connectivity index (χ2v) is 8.63. The van der Waals surface area contributed by atoms with Crippen molar-refractivity contribution in [2.24, 2.45) is 0 Å². The molecule has 2 atom stereocenters. The van der Waals surface area contributed by atoms with Gasteiger partial charge in [0.1, 0.15) is 24.3 Å². The van der Waals surface area contributed by atoms with Crippen LogP contribution in [0.2, 0.25) is 5.02 Å². The molecule has 2 aromatic carbocycles. The summed E-state index contributed by atoms with van der Waals surface area (Å²) in [5.41, 5.74) is 1.03. The van der Waals surface area contributed by atoms with Gasteiger partial charge in [-0.25, -0.2) is 14.2 Å². The number of carbonyl (C=O) groups is 2. The monoisotopic (exact) mass is 485 g/mol. The van der Waals surface area contributed by atoms with E-state index in [1.165, 1.54) is 24.7 Å². The number of carbonyl (C=O) groups excluding carboxylic acids is 2. The molecule has 2 aliphatic rings. The molecule has 0 radical (unpaired) electrons. The predicted octanol–water partition coefficient (Wildman–Crippen LogP) is 4.43. The van der Waals surface area contributed by atoms with Gasteiger partial charge in [-0.05, 0) is 29.8 Å². The average molecular weight is 486 g/mol. The maximum atomic E-state index is 15.0. The van der Waals surface area contributed by atoms with Gasteiger partial charge in [-0.15, -0.1) is 0 Å². The average Bonchev–Trinajstić information content (AvgIpc) is 3.50. The highest BCUT2D eigenvalue weighted by molar-refractivity contribution is 6.30. The molecule has 2 amide bonds. The van der Waals surface area contributed by atoms with E-state index in [1.807, 2.05) is 0 Å². The van der Waals surface area contributed by atoms with Gasteiger partial charge in [0.2, 0.25) is 0 Å². The number of rotatable bonds is 6. The number of benzene rings is 2. The second-order valence-electron chi connectivity index (χ2n) is 8.19. The first-order valence-corrected chi connectivity index (χ1v) is 11.2. The molecule has 1 N–H and O–H groups in total. The lowest BCUT2D eigenvalue weighted by Gasteiger charge is -2.33. The third-order valence-electron chi connectivity index (χ3n) is 5.97. The Kier molecular flexibility index (Phi) is 6.10. The van der Waals surface area contributed by atoms with Crippen molar-refractivity contribution in [2.75, 3.05) is 13.2 Å². The van der Waals surface area contributed by atoms with Crippen molar-refractivity contribution < 1.29 is 27.9 Å². The maximum absolute atomic E-state index is 15.0. The number of halogens is 2. The van der Waals surface area contributed by atoms with Gasteiger partial charge in [-0.1, -0.05) is 23.7 Å². The lowest BCUT2D eigenvalue weighted by Crippen LogP contribution is -2.44. The zero-order valence-electron chi connectivity index (χ0n) is 18.0. The minimum absolute atomic E-state index is 0.0671. The van der Waals surface area contributed by atoms with Crippen LogP contribution in [0.1, 0.15) is 28.8 Å². The summed E-state index contributed by atoms with van der Waals surface area (Å²) >= 11 is 5.89. The van der Waals surface area contributed by atoms with E-state index in [0.717, 1.165) is 5.56 Å².